The van der Waals surface area contributed by atoms with Gasteiger partial charge in [0.1, 0.15) is 11.1 Å². The number of carbonyl (C=O) groups excluding carboxylic acids is 1. The summed E-state index contributed by atoms with van der Waals surface area (Å²) in [5, 5.41) is 10.8. The van der Waals surface area contributed by atoms with Crippen LogP contribution in [0.25, 0.3) is 11.0 Å². The Morgan fingerprint density at radius 2 is 1.86 bits per heavy atom. The van der Waals surface area contributed by atoms with E-state index < -0.39 is 11.5 Å². The van der Waals surface area contributed by atoms with Crippen LogP contribution in [0.1, 0.15) is 21.8 Å². The highest BCUT2D eigenvalue weighted by atomic mass is 16.7. The van der Waals surface area contributed by atoms with E-state index in [9.17, 15) is 9.59 Å². The maximum Gasteiger partial charge on any atom is 0.349 e. The van der Waals surface area contributed by atoms with Crippen LogP contribution in [-0.2, 0) is 6.42 Å². The zero-order valence-corrected chi connectivity index (χ0v) is 14.9. The smallest absolute Gasteiger partial charge is 0.349 e. The van der Waals surface area contributed by atoms with Crippen molar-refractivity contribution in [3.63, 3.8) is 0 Å². The molecule has 1 aliphatic rings. The van der Waals surface area contributed by atoms with Crippen LogP contribution in [0.4, 0.5) is 6.01 Å². The third-order valence-electron chi connectivity index (χ3n) is 4.37. The molecule has 0 atom stereocenters. The van der Waals surface area contributed by atoms with Crippen molar-refractivity contribution in [2.24, 2.45) is 0 Å². The average molecular weight is 391 g/mol. The number of para-hydroxylation sites is 1. The summed E-state index contributed by atoms with van der Waals surface area (Å²) in [6, 6.07) is 13.7. The van der Waals surface area contributed by atoms with Gasteiger partial charge in [0.15, 0.2) is 11.5 Å². The van der Waals surface area contributed by atoms with Crippen molar-refractivity contribution in [1.29, 1.82) is 0 Å². The zero-order valence-electron chi connectivity index (χ0n) is 14.9. The summed E-state index contributed by atoms with van der Waals surface area (Å²) >= 11 is 0. The van der Waals surface area contributed by atoms with Crippen molar-refractivity contribution in [3.05, 3.63) is 76.0 Å². The minimum Gasteiger partial charge on any atom is -0.454 e. The Morgan fingerprint density at radius 3 is 2.79 bits per heavy atom. The summed E-state index contributed by atoms with van der Waals surface area (Å²) in [5.41, 5.74) is 0.379. The Hall–Kier alpha value is -4.14. The van der Waals surface area contributed by atoms with Crippen LogP contribution < -0.4 is 20.4 Å². The number of hydrogen-bond donors (Lipinski definition) is 1. The fraction of sp³-hybridized carbons (Fsp3) is 0.100. The summed E-state index contributed by atoms with van der Waals surface area (Å²) in [6.07, 6.45) is 0.345. The van der Waals surface area contributed by atoms with E-state index in [1.165, 1.54) is 6.07 Å². The normalized spacial score (nSPS) is 12.3. The van der Waals surface area contributed by atoms with Gasteiger partial charge in [-0.15, -0.1) is 5.10 Å². The number of nitrogens with zero attached hydrogens (tertiary/aromatic N) is 2. The number of anilines is 1. The maximum absolute atomic E-state index is 12.4. The van der Waals surface area contributed by atoms with E-state index in [-0.39, 0.29) is 18.4 Å². The van der Waals surface area contributed by atoms with E-state index in [0.29, 0.717) is 34.8 Å². The number of rotatable bonds is 4. The standard InChI is InChI=1S/C20H13N3O6/c24-18(13-9-12-3-1-2-4-14(12)28-19(13)25)21-20-23-22-17(29-20)8-11-5-6-15-16(7-11)27-10-26-15/h1-7,9H,8,10H2,(H,21,23,24). The zero-order chi connectivity index (χ0) is 19.8. The van der Waals surface area contributed by atoms with Crippen LogP contribution in [-0.4, -0.2) is 22.9 Å². The maximum atomic E-state index is 12.4. The second-order valence-electron chi connectivity index (χ2n) is 6.30. The second kappa shape index (κ2) is 6.79. The number of carbonyl (C=O) groups is 1. The predicted molar refractivity (Wildman–Crippen MR) is 100 cm³/mol. The van der Waals surface area contributed by atoms with Crippen LogP contribution in [0.3, 0.4) is 0 Å². The highest BCUT2D eigenvalue weighted by Gasteiger charge is 2.18. The van der Waals surface area contributed by atoms with E-state index in [4.69, 9.17) is 18.3 Å². The first-order valence-corrected chi connectivity index (χ1v) is 8.71. The van der Waals surface area contributed by atoms with Crippen molar-refractivity contribution in [3.8, 4) is 11.5 Å². The number of benzene rings is 2. The molecule has 1 N–H and O–H groups in total. The predicted octanol–water partition coefficient (Wildman–Crippen LogP) is 2.75. The molecule has 0 saturated heterocycles. The van der Waals surface area contributed by atoms with Gasteiger partial charge >= 0.3 is 11.6 Å². The van der Waals surface area contributed by atoms with Crippen LogP contribution in [0.15, 0.2) is 62.2 Å². The van der Waals surface area contributed by atoms with Crippen molar-refractivity contribution >= 4 is 22.9 Å². The Balaban J connectivity index is 1.33. The molecule has 0 bridgehead atoms. The van der Waals surface area contributed by atoms with Gasteiger partial charge in [-0.3, -0.25) is 10.1 Å². The summed E-state index contributed by atoms with van der Waals surface area (Å²) in [4.78, 5) is 24.5. The summed E-state index contributed by atoms with van der Waals surface area (Å²) < 4.78 is 21.3. The van der Waals surface area contributed by atoms with Gasteiger partial charge in [-0.05, 0) is 29.8 Å². The van der Waals surface area contributed by atoms with Gasteiger partial charge in [-0.2, -0.15) is 0 Å². The van der Waals surface area contributed by atoms with E-state index in [2.05, 4.69) is 15.5 Å². The van der Waals surface area contributed by atoms with E-state index in [1.807, 2.05) is 12.1 Å². The van der Waals surface area contributed by atoms with Crippen molar-refractivity contribution in [2.75, 3.05) is 12.1 Å². The first kappa shape index (κ1) is 17.0. The van der Waals surface area contributed by atoms with Gasteiger partial charge in [-0.25, -0.2) is 4.79 Å². The van der Waals surface area contributed by atoms with Gasteiger partial charge in [0.05, 0.1) is 6.42 Å². The van der Waals surface area contributed by atoms with Crippen molar-refractivity contribution in [1.82, 2.24) is 10.2 Å². The highest BCUT2D eigenvalue weighted by Crippen LogP contribution is 2.33. The minimum absolute atomic E-state index is 0.113. The SMILES string of the molecule is O=C(Nc1nnc(Cc2ccc3c(c2)OCO3)o1)c1cc2ccccc2oc1=O. The first-order chi connectivity index (χ1) is 14.2. The number of hydrogen-bond acceptors (Lipinski definition) is 8. The third kappa shape index (κ3) is 3.29. The van der Waals surface area contributed by atoms with Crippen LogP contribution in [0.5, 0.6) is 11.5 Å². The lowest BCUT2D eigenvalue weighted by Gasteiger charge is -2.01. The quantitative estimate of drug-likeness (QED) is 0.528. The Bertz CT molecular complexity index is 1290. The molecule has 0 spiro atoms. The lowest BCUT2D eigenvalue weighted by molar-refractivity contribution is 0.102. The Morgan fingerprint density at radius 1 is 1.00 bits per heavy atom. The fourth-order valence-corrected chi connectivity index (χ4v) is 2.99. The van der Waals surface area contributed by atoms with Crippen molar-refractivity contribution in [2.45, 2.75) is 6.42 Å². The van der Waals surface area contributed by atoms with Gasteiger partial charge < -0.3 is 18.3 Å². The molecule has 9 nitrogen and oxygen atoms in total. The molecule has 2 aromatic heterocycles. The topological polar surface area (TPSA) is 117 Å². The fourth-order valence-electron chi connectivity index (χ4n) is 2.99. The van der Waals surface area contributed by atoms with E-state index >= 15 is 0 Å². The lowest BCUT2D eigenvalue weighted by atomic mass is 10.1. The number of amides is 1. The molecule has 5 rings (SSSR count). The molecule has 144 valence electrons. The molecule has 0 unspecified atom stereocenters. The molecule has 1 aliphatic heterocycles. The molecule has 1 amide bonds. The molecule has 3 heterocycles. The molecule has 4 aromatic rings. The number of aromatic nitrogens is 2. The van der Waals surface area contributed by atoms with Crippen LogP contribution >= 0.6 is 0 Å². The minimum atomic E-state index is -0.749. The Kier molecular flexibility index (Phi) is 3.98. The molecule has 0 saturated carbocycles. The number of ether oxygens (including phenoxy) is 2. The summed E-state index contributed by atoms with van der Waals surface area (Å²) in [7, 11) is 0. The van der Waals surface area contributed by atoms with E-state index in [0.717, 1.165) is 5.56 Å². The van der Waals surface area contributed by atoms with Crippen LogP contribution in [0, 0.1) is 0 Å². The third-order valence-corrected chi connectivity index (χ3v) is 4.37. The second-order valence-corrected chi connectivity index (χ2v) is 6.30. The van der Waals surface area contributed by atoms with Crippen LogP contribution in [0.2, 0.25) is 0 Å². The number of nitrogens with one attached hydrogen (secondary N) is 1. The molecule has 29 heavy (non-hydrogen) atoms. The number of fused-ring (bicyclic) bond motifs is 2. The summed E-state index contributed by atoms with van der Waals surface area (Å²) in [6.45, 7) is 0.193. The Labute approximate surface area is 162 Å². The highest BCUT2D eigenvalue weighted by molar-refractivity contribution is 6.04. The molecular formula is C20H13N3O6. The molecular weight excluding hydrogens is 378 g/mol. The van der Waals surface area contributed by atoms with Crippen molar-refractivity contribution < 1.29 is 23.1 Å². The van der Waals surface area contributed by atoms with Gasteiger partial charge in [0.25, 0.3) is 5.91 Å². The van der Waals surface area contributed by atoms with Gasteiger partial charge in [0, 0.05) is 5.39 Å². The lowest BCUT2D eigenvalue weighted by Crippen LogP contribution is -2.20. The summed E-state index contributed by atoms with van der Waals surface area (Å²) in [5.74, 6) is 0.938. The molecule has 0 fully saturated rings. The van der Waals surface area contributed by atoms with Gasteiger partial charge in [0.2, 0.25) is 12.7 Å². The molecule has 2 aromatic carbocycles. The monoisotopic (exact) mass is 391 g/mol. The largest absolute Gasteiger partial charge is 0.454 e. The molecule has 0 radical (unpaired) electrons. The first-order valence-electron chi connectivity index (χ1n) is 8.71. The van der Waals surface area contributed by atoms with Gasteiger partial charge in [-0.1, -0.05) is 29.4 Å². The molecule has 0 aliphatic carbocycles. The van der Waals surface area contributed by atoms with E-state index in [1.54, 1.807) is 30.3 Å². The average Bonchev–Trinajstić information content (AvgIpc) is 3.36. The molecule has 9 heteroatoms.